The highest BCUT2D eigenvalue weighted by Gasteiger charge is 2.40. The molecule has 1 aliphatic heterocycles. The fourth-order valence-electron chi connectivity index (χ4n) is 4.50. The number of imide groups is 1. The van der Waals surface area contributed by atoms with Gasteiger partial charge in [-0.1, -0.05) is 48.0 Å². The van der Waals surface area contributed by atoms with Gasteiger partial charge in [-0.15, -0.1) is 11.8 Å². The highest BCUT2D eigenvalue weighted by molar-refractivity contribution is 8.00. The minimum absolute atomic E-state index is 0.00912. The van der Waals surface area contributed by atoms with E-state index >= 15 is 0 Å². The SMILES string of the molecule is CCOc1ccc(N2C(=O)CC(Sc3ccc(NC(=O)/C(=C/c4ccccc4Cl)NC(=O)c4ccccc4)cc3)C2=O)cc1. The van der Waals surface area contributed by atoms with E-state index in [1.165, 1.54) is 22.7 Å². The molecule has 0 aliphatic carbocycles. The Hall–Kier alpha value is -4.86. The molecule has 4 aromatic rings. The van der Waals surface area contributed by atoms with E-state index in [4.69, 9.17) is 16.3 Å². The van der Waals surface area contributed by atoms with Crippen molar-refractivity contribution in [3.05, 3.63) is 125 Å². The van der Waals surface area contributed by atoms with Crippen molar-refractivity contribution >= 4 is 64.4 Å². The third-order valence-electron chi connectivity index (χ3n) is 6.64. The molecule has 1 saturated heterocycles. The average molecular weight is 626 g/mol. The van der Waals surface area contributed by atoms with E-state index in [2.05, 4.69) is 10.6 Å². The molecule has 8 nitrogen and oxygen atoms in total. The maximum absolute atomic E-state index is 13.3. The van der Waals surface area contributed by atoms with Crippen LogP contribution in [0.3, 0.4) is 0 Å². The summed E-state index contributed by atoms with van der Waals surface area (Å²) in [5, 5.41) is 5.34. The number of thioether (sulfide) groups is 1. The number of amides is 4. The van der Waals surface area contributed by atoms with Crippen LogP contribution >= 0.6 is 23.4 Å². The van der Waals surface area contributed by atoms with Crippen LogP contribution in [0.2, 0.25) is 5.02 Å². The quantitative estimate of drug-likeness (QED) is 0.153. The Morgan fingerprint density at radius 3 is 2.30 bits per heavy atom. The van der Waals surface area contributed by atoms with Gasteiger partial charge in [0.25, 0.3) is 11.8 Å². The van der Waals surface area contributed by atoms with Gasteiger partial charge in [-0.2, -0.15) is 0 Å². The second kappa shape index (κ2) is 14.1. The number of nitrogens with one attached hydrogen (secondary N) is 2. The maximum atomic E-state index is 13.3. The minimum Gasteiger partial charge on any atom is -0.494 e. The molecule has 10 heteroatoms. The van der Waals surface area contributed by atoms with Gasteiger partial charge < -0.3 is 15.4 Å². The lowest BCUT2D eigenvalue weighted by Crippen LogP contribution is -2.31. The summed E-state index contributed by atoms with van der Waals surface area (Å²) in [7, 11) is 0. The Balaban J connectivity index is 1.26. The Labute approximate surface area is 264 Å². The van der Waals surface area contributed by atoms with Crippen LogP contribution in [-0.2, 0) is 14.4 Å². The van der Waals surface area contributed by atoms with Crippen LogP contribution < -0.4 is 20.3 Å². The largest absolute Gasteiger partial charge is 0.494 e. The number of nitrogens with zero attached hydrogens (tertiary/aromatic N) is 1. The maximum Gasteiger partial charge on any atom is 0.272 e. The molecule has 4 amide bonds. The number of anilines is 2. The zero-order valence-corrected chi connectivity index (χ0v) is 25.2. The minimum atomic E-state index is -0.576. The van der Waals surface area contributed by atoms with Crippen molar-refractivity contribution in [1.29, 1.82) is 0 Å². The normalized spacial score (nSPS) is 14.8. The highest BCUT2D eigenvalue weighted by Crippen LogP contribution is 2.35. The first-order valence-corrected chi connectivity index (χ1v) is 15.1. The molecule has 0 radical (unpaired) electrons. The fourth-order valence-corrected chi connectivity index (χ4v) is 5.74. The number of carbonyl (C=O) groups excluding carboxylic acids is 4. The molecule has 4 aromatic carbocycles. The van der Waals surface area contributed by atoms with Gasteiger partial charge in [0, 0.05) is 27.6 Å². The summed E-state index contributed by atoms with van der Waals surface area (Å²) >= 11 is 7.59. The van der Waals surface area contributed by atoms with Crippen LogP contribution in [-0.4, -0.2) is 35.5 Å². The van der Waals surface area contributed by atoms with E-state index in [-0.39, 0.29) is 23.9 Å². The van der Waals surface area contributed by atoms with Crippen molar-refractivity contribution < 1.29 is 23.9 Å². The lowest BCUT2D eigenvalue weighted by atomic mass is 10.1. The Morgan fingerprint density at radius 1 is 0.932 bits per heavy atom. The Morgan fingerprint density at radius 2 is 1.61 bits per heavy atom. The second-order valence-electron chi connectivity index (χ2n) is 9.68. The number of ether oxygens (including phenoxy) is 1. The Bertz CT molecular complexity index is 1710. The molecule has 1 heterocycles. The molecular formula is C34H28ClN3O5S. The lowest BCUT2D eigenvalue weighted by Gasteiger charge is -2.15. The van der Waals surface area contributed by atoms with Crippen molar-refractivity contribution in [3.63, 3.8) is 0 Å². The first-order valence-electron chi connectivity index (χ1n) is 13.8. The average Bonchev–Trinajstić information content (AvgIpc) is 3.31. The van der Waals surface area contributed by atoms with Crippen molar-refractivity contribution in [2.45, 2.75) is 23.5 Å². The highest BCUT2D eigenvalue weighted by atomic mass is 35.5. The zero-order valence-electron chi connectivity index (χ0n) is 23.7. The van der Waals surface area contributed by atoms with Gasteiger partial charge in [0.05, 0.1) is 17.5 Å². The first-order chi connectivity index (χ1) is 21.3. The molecular weight excluding hydrogens is 598 g/mol. The van der Waals surface area contributed by atoms with Crippen LogP contribution in [0.15, 0.2) is 114 Å². The van der Waals surface area contributed by atoms with E-state index in [1.54, 1.807) is 103 Å². The van der Waals surface area contributed by atoms with E-state index in [0.717, 1.165) is 4.90 Å². The van der Waals surface area contributed by atoms with Gasteiger partial charge in [-0.25, -0.2) is 4.90 Å². The van der Waals surface area contributed by atoms with Crippen molar-refractivity contribution in [1.82, 2.24) is 5.32 Å². The van der Waals surface area contributed by atoms with Crippen molar-refractivity contribution in [3.8, 4) is 5.75 Å². The summed E-state index contributed by atoms with van der Waals surface area (Å²) in [5.41, 5.74) is 1.95. The summed E-state index contributed by atoms with van der Waals surface area (Å²) in [6, 6.07) is 29.3. The number of hydrogen-bond acceptors (Lipinski definition) is 6. The van der Waals surface area contributed by atoms with Gasteiger partial charge in [0.1, 0.15) is 11.4 Å². The van der Waals surface area contributed by atoms with Crippen LogP contribution in [0.4, 0.5) is 11.4 Å². The molecule has 1 fully saturated rings. The topological polar surface area (TPSA) is 105 Å². The third kappa shape index (κ3) is 7.37. The molecule has 44 heavy (non-hydrogen) atoms. The molecule has 222 valence electrons. The first kappa shape index (κ1) is 30.6. The van der Waals surface area contributed by atoms with Gasteiger partial charge in [0.15, 0.2) is 0 Å². The third-order valence-corrected chi connectivity index (χ3v) is 8.18. The molecule has 2 N–H and O–H groups in total. The smallest absolute Gasteiger partial charge is 0.272 e. The predicted molar refractivity (Wildman–Crippen MR) is 173 cm³/mol. The molecule has 1 aliphatic rings. The molecule has 1 unspecified atom stereocenters. The molecule has 0 spiro atoms. The molecule has 5 rings (SSSR count). The fraction of sp³-hybridized carbons (Fsp3) is 0.118. The second-order valence-corrected chi connectivity index (χ2v) is 11.4. The van der Waals surface area contributed by atoms with E-state index in [9.17, 15) is 19.2 Å². The number of carbonyl (C=O) groups is 4. The predicted octanol–water partition coefficient (Wildman–Crippen LogP) is 6.57. The van der Waals surface area contributed by atoms with Gasteiger partial charge in [-0.3, -0.25) is 19.2 Å². The standard InChI is InChI=1S/C34H28ClN3O5S/c1-2-43-26-16-14-25(15-17-26)38-31(39)21-30(34(38)42)44-27-18-12-24(13-19-27)36-33(41)29(20-23-10-6-7-11-28(23)35)37-32(40)22-8-4-3-5-9-22/h3-20,30H,2,21H2,1H3,(H,36,41)(H,37,40)/b29-20-. The number of halogens is 1. The number of benzene rings is 4. The van der Waals surface area contributed by atoms with Gasteiger partial charge in [-0.05, 0) is 85.3 Å². The summed E-state index contributed by atoms with van der Waals surface area (Å²) < 4.78 is 5.44. The van der Waals surface area contributed by atoms with Crippen LogP contribution in [0.1, 0.15) is 29.3 Å². The van der Waals surface area contributed by atoms with E-state index in [1.807, 2.05) is 6.92 Å². The zero-order chi connectivity index (χ0) is 31.1. The van der Waals surface area contributed by atoms with Crippen molar-refractivity contribution in [2.75, 3.05) is 16.8 Å². The van der Waals surface area contributed by atoms with Crippen LogP contribution in [0, 0.1) is 0 Å². The van der Waals surface area contributed by atoms with Crippen molar-refractivity contribution in [2.24, 2.45) is 0 Å². The van der Waals surface area contributed by atoms with Crippen LogP contribution in [0.25, 0.3) is 6.08 Å². The summed E-state index contributed by atoms with van der Waals surface area (Å²) in [5.74, 6) is -0.877. The summed E-state index contributed by atoms with van der Waals surface area (Å²) in [6.07, 6.45) is 1.59. The van der Waals surface area contributed by atoms with E-state index in [0.29, 0.717) is 39.9 Å². The lowest BCUT2D eigenvalue weighted by molar-refractivity contribution is -0.121. The molecule has 0 aromatic heterocycles. The van der Waals surface area contributed by atoms with E-state index < -0.39 is 17.1 Å². The Kier molecular flexibility index (Phi) is 9.79. The number of rotatable bonds is 10. The molecule has 1 atom stereocenters. The summed E-state index contributed by atoms with van der Waals surface area (Å²) in [6.45, 7) is 2.40. The number of hydrogen-bond donors (Lipinski definition) is 2. The molecule has 0 saturated carbocycles. The summed E-state index contributed by atoms with van der Waals surface area (Å²) in [4.78, 5) is 54.0. The van der Waals surface area contributed by atoms with Gasteiger partial charge >= 0.3 is 0 Å². The van der Waals surface area contributed by atoms with Gasteiger partial charge in [0.2, 0.25) is 11.8 Å². The molecule has 0 bridgehead atoms. The van der Waals surface area contributed by atoms with Crippen LogP contribution in [0.5, 0.6) is 5.75 Å². The monoisotopic (exact) mass is 625 g/mol.